The van der Waals surface area contributed by atoms with Crippen LogP contribution in [0.3, 0.4) is 0 Å². The van der Waals surface area contributed by atoms with Gasteiger partial charge in [-0.05, 0) is 53.1 Å². The zero-order valence-corrected chi connectivity index (χ0v) is 15.7. The fourth-order valence-electron chi connectivity index (χ4n) is 3.12. The van der Waals surface area contributed by atoms with E-state index in [2.05, 4.69) is 45.2 Å². The molecule has 4 nitrogen and oxygen atoms in total. The first-order chi connectivity index (χ1) is 11.0. The molecule has 1 fully saturated rings. The highest BCUT2D eigenvalue weighted by atomic mass is 79.9. The fourth-order valence-corrected chi connectivity index (χ4v) is 5.17. The van der Waals surface area contributed by atoms with Crippen molar-refractivity contribution in [3.8, 4) is 0 Å². The second-order valence-corrected chi connectivity index (χ2v) is 9.00. The second kappa shape index (κ2) is 7.05. The summed E-state index contributed by atoms with van der Waals surface area (Å²) in [4.78, 5) is 4.11. The molecule has 23 heavy (non-hydrogen) atoms. The molecule has 0 amide bonds. The van der Waals surface area contributed by atoms with Gasteiger partial charge in [-0.2, -0.15) is 4.31 Å². The van der Waals surface area contributed by atoms with Gasteiger partial charge in [0, 0.05) is 19.3 Å². The topological polar surface area (TPSA) is 50.3 Å². The van der Waals surface area contributed by atoms with Crippen LogP contribution < -0.4 is 0 Å². The van der Waals surface area contributed by atoms with Gasteiger partial charge in [0.1, 0.15) is 10.0 Å². The first-order valence-electron chi connectivity index (χ1n) is 7.63. The number of hydrogen-bond donors (Lipinski definition) is 0. The molecule has 1 saturated heterocycles. The van der Waals surface area contributed by atoms with Crippen molar-refractivity contribution in [3.05, 3.63) is 46.2 Å². The van der Waals surface area contributed by atoms with E-state index in [-0.39, 0.29) is 10.0 Å². The summed E-state index contributed by atoms with van der Waals surface area (Å²) >= 11 is 9.07. The highest BCUT2D eigenvalue weighted by molar-refractivity contribution is 9.10. The van der Waals surface area contributed by atoms with Crippen molar-refractivity contribution in [1.82, 2.24) is 9.29 Å². The van der Waals surface area contributed by atoms with Crippen LogP contribution >= 0.6 is 27.5 Å². The van der Waals surface area contributed by atoms with Crippen LogP contribution in [-0.4, -0.2) is 30.8 Å². The monoisotopic (exact) mass is 416 g/mol. The summed E-state index contributed by atoms with van der Waals surface area (Å²) in [5.74, 6) is 0.962. The fraction of sp³-hybridized carbons (Fsp3) is 0.438. The van der Waals surface area contributed by atoms with Crippen LogP contribution in [0.5, 0.6) is 0 Å². The van der Waals surface area contributed by atoms with E-state index < -0.39 is 10.0 Å². The lowest BCUT2D eigenvalue weighted by Crippen LogP contribution is -2.39. The Labute approximate surface area is 150 Å². The maximum absolute atomic E-state index is 12.7. The maximum Gasteiger partial charge on any atom is 0.244 e. The van der Waals surface area contributed by atoms with Crippen molar-refractivity contribution in [2.75, 3.05) is 13.1 Å². The molecule has 0 radical (unpaired) electrons. The molecule has 1 aliphatic carbocycles. The predicted molar refractivity (Wildman–Crippen MR) is 94.8 cm³/mol. The lowest BCUT2D eigenvalue weighted by molar-refractivity contribution is 0.249. The van der Waals surface area contributed by atoms with Gasteiger partial charge < -0.3 is 0 Å². The quantitative estimate of drug-likeness (QED) is 0.551. The second-order valence-electron chi connectivity index (χ2n) is 5.85. The van der Waals surface area contributed by atoms with E-state index in [1.54, 1.807) is 4.31 Å². The Morgan fingerprint density at radius 2 is 1.87 bits per heavy atom. The van der Waals surface area contributed by atoms with E-state index in [1.165, 1.54) is 12.3 Å². The molecule has 1 aromatic rings. The molecule has 124 valence electrons. The minimum absolute atomic E-state index is 0.185. The van der Waals surface area contributed by atoms with Gasteiger partial charge in [-0.1, -0.05) is 35.9 Å². The minimum Gasteiger partial charge on any atom is -0.242 e. The van der Waals surface area contributed by atoms with Crippen LogP contribution in [0.1, 0.15) is 19.3 Å². The van der Waals surface area contributed by atoms with Gasteiger partial charge >= 0.3 is 0 Å². The Hall–Kier alpha value is -0.690. The smallest absolute Gasteiger partial charge is 0.242 e. The molecule has 1 aromatic heterocycles. The summed E-state index contributed by atoms with van der Waals surface area (Å²) in [6.07, 6.45) is 12.9. The van der Waals surface area contributed by atoms with E-state index in [4.69, 9.17) is 11.6 Å². The summed E-state index contributed by atoms with van der Waals surface area (Å²) in [6.45, 7) is 1.09. The SMILES string of the molecule is O=S(=O)(c1cnc(Cl)c(Br)c1)N1CCC(C2C=CCC=C2)CC1. The lowest BCUT2D eigenvalue weighted by Gasteiger charge is -2.34. The third-order valence-corrected chi connectivity index (χ3v) is 7.44. The molecule has 0 bridgehead atoms. The van der Waals surface area contributed by atoms with E-state index in [0.717, 1.165) is 19.3 Å². The Kier molecular flexibility index (Phi) is 5.26. The minimum atomic E-state index is -3.51. The maximum atomic E-state index is 12.7. The van der Waals surface area contributed by atoms with Crippen molar-refractivity contribution >= 4 is 37.6 Å². The van der Waals surface area contributed by atoms with Crippen molar-refractivity contribution in [3.63, 3.8) is 0 Å². The highest BCUT2D eigenvalue weighted by Crippen LogP contribution is 2.32. The summed E-state index contributed by atoms with van der Waals surface area (Å²) in [6, 6.07) is 1.52. The van der Waals surface area contributed by atoms with Crippen molar-refractivity contribution in [2.45, 2.75) is 24.2 Å². The average molecular weight is 418 g/mol. The Bertz CT molecular complexity index is 728. The third-order valence-electron chi connectivity index (χ3n) is 4.44. The molecule has 0 atom stereocenters. The molecule has 2 aliphatic rings. The van der Waals surface area contributed by atoms with Gasteiger partial charge in [0.25, 0.3) is 0 Å². The van der Waals surface area contributed by atoms with Gasteiger partial charge in [-0.3, -0.25) is 0 Å². The van der Waals surface area contributed by atoms with Crippen LogP contribution in [0, 0.1) is 11.8 Å². The summed E-state index contributed by atoms with van der Waals surface area (Å²) in [5.41, 5.74) is 0. The van der Waals surface area contributed by atoms with Crippen LogP contribution in [0.4, 0.5) is 0 Å². The average Bonchev–Trinajstić information content (AvgIpc) is 2.58. The van der Waals surface area contributed by atoms with Gasteiger partial charge in [-0.15, -0.1) is 0 Å². The normalized spacial score (nSPS) is 21.0. The molecule has 0 unspecified atom stereocenters. The predicted octanol–water partition coefficient (Wildman–Crippen LogP) is 4.03. The van der Waals surface area contributed by atoms with Crippen molar-refractivity contribution in [2.24, 2.45) is 11.8 Å². The van der Waals surface area contributed by atoms with Crippen LogP contribution in [0.2, 0.25) is 5.15 Å². The van der Waals surface area contributed by atoms with Gasteiger partial charge in [0.2, 0.25) is 10.0 Å². The zero-order chi connectivity index (χ0) is 16.4. The number of piperidine rings is 1. The Balaban J connectivity index is 1.70. The molecule has 7 heteroatoms. The number of pyridine rings is 1. The molecule has 1 aliphatic heterocycles. The number of nitrogens with zero attached hydrogens (tertiary/aromatic N) is 2. The van der Waals surface area contributed by atoms with E-state index >= 15 is 0 Å². The molecule has 0 N–H and O–H groups in total. The lowest BCUT2D eigenvalue weighted by atomic mass is 9.83. The van der Waals surface area contributed by atoms with Gasteiger partial charge in [-0.25, -0.2) is 13.4 Å². The first-order valence-corrected chi connectivity index (χ1v) is 10.2. The van der Waals surface area contributed by atoms with E-state index in [1.807, 2.05) is 0 Å². The third kappa shape index (κ3) is 3.71. The summed E-state index contributed by atoms with van der Waals surface area (Å²) in [5, 5.41) is 0.263. The van der Waals surface area contributed by atoms with Gasteiger partial charge in [0.15, 0.2) is 0 Å². The molecule has 0 aromatic carbocycles. The molecular weight excluding hydrogens is 400 g/mol. The number of aromatic nitrogens is 1. The molecule has 2 heterocycles. The number of sulfonamides is 1. The summed E-state index contributed by atoms with van der Waals surface area (Å²) < 4.78 is 27.5. The number of halogens is 2. The number of rotatable bonds is 3. The standard InChI is InChI=1S/C16H18BrClN2O2S/c17-15-10-14(11-19-16(15)18)23(21,22)20-8-6-13(7-9-20)12-4-2-1-3-5-12/h2-5,10-13H,1,6-9H2. The highest BCUT2D eigenvalue weighted by Gasteiger charge is 2.32. The Morgan fingerprint density at radius 1 is 1.22 bits per heavy atom. The van der Waals surface area contributed by atoms with Crippen molar-refractivity contribution < 1.29 is 8.42 Å². The largest absolute Gasteiger partial charge is 0.244 e. The van der Waals surface area contributed by atoms with Gasteiger partial charge in [0.05, 0.1) is 4.47 Å². The number of allylic oxidation sites excluding steroid dienone is 4. The molecule has 3 rings (SSSR count). The number of hydrogen-bond acceptors (Lipinski definition) is 3. The Morgan fingerprint density at radius 3 is 2.48 bits per heavy atom. The first kappa shape index (κ1) is 17.1. The summed E-state index contributed by atoms with van der Waals surface area (Å²) in [7, 11) is -3.51. The van der Waals surface area contributed by atoms with Crippen LogP contribution in [0.25, 0.3) is 0 Å². The van der Waals surface area contributed by atoms with Crippen LogP contribution in [0.15, 0.2) is 45.9 Å². The van der Waals surface area contributed by atoms with E-state index in [0.29, 0.717) is 29.4 Å². The molecular formula is C16H18BrClN2O2S. The van der Waals surface area contributed by atoms with Crippen LogP contribution in [-0.2, 0) is 10.0 Å². The molecule has 0 spiro atoms. The zero-order valence-electron chi connectivity index (χ0n) is 12.5. The molecule has 0 saturated carbocycles. The van der Waals surface area contributed by atoms with E-state index in [9.17, 15) is 8.42 Å². The van der Waals surface area contributed by atoms with Crippen molar-refractivity contribution in [1.29, 1.82) is 0 Å².